The van der Waals surface area contributed by atoms with Crippen molar-refractivity contribution in [1.82, 2.24) is 20.0 Å². The minimum atomic E-state index is 0.0179. The minimum absolute atomic E-state index is 0.0179. The van der Waals surface area contributed by atoms with E-state index in [4.69, 9.17) is 0 Å². The van der Waals surface area contributed by atoms with Gasteiger partial charge in [0.1, 0.15) is 0 Å². The van der Waals surface area contributed by atoms with Gasteiger partial charge >= 0.3 is 6.03 Å². The zero-order valence-corrected chi connectivity index (χ0v) is 17.3. The molecular formula is C22H34N4O2. The van der Waals surface area contributed by atoms with Crippen LogP contribution in [0.3, 0.4) is 0 Å². The van der Waals surface area contributed by atoms with E-state index < -0.39 is 0 Å². The lowest BCUT2D eigenvalue weighted by molar-refractivity contribution is 0.0637. The summed E-state index contributed by atoms with van der Waals surface area (Å²) in [4.78, 5) is 31.5. The quantitative estimate of drug-likeness (QED) is 0.847. The molecule has 2 fully saturated rings. The number of amides is 3. The van der Waals surface area contributed by atoms with Crippen molar-refractivity contribution in [3.8, 4) is 0 Å². The number of piperazine rings is 1. The Morgan fingerprint density at radius 2 is 1.86 bits per heavy atom. The lowest BCUT2D eigenvalue weighted by atomic mass is 9.89. The lowest BCUT2D eigenvalue weighted by Gasteiger charge is -2.35. The number of carbonyl (C=O) groups excluding carboxylic acids is 2. The van der Waals surface area contributed by atoms with Crippen molar-refractivity contribution in [1.29, 1.82) is 0 Å². The average molecular weight is 387 g/mol. The summed E-state index contributed by atoms with van der Waals surface area (Å²) in [6.45, 7) is 11.0. The van der Waals surface area contributed by atoms with E-state index >= 15 is 0 Å². The number of urea groups is 1. The van der Waals surface area contributed by atoms with Crippen molar-refractivity contribution >= 4 is 11.9 Å². The van der Waals surface area contributed by atoms with Crippen LogP contribution in [0, 0.1) is 0 Å². The standard InChI is InChI=1S/C22H34N4O2/c1-3-10-24-12-14-25(15-13-24)21(27)19-8-5-7-18(16-19)20-9-6-11-26(17-20)22(28)23-4-2/h5,7-8,16,20H,3-4,6,9-15,17H2,1-2H3,(H,23,28). The smallest absolute Gasteiger partial charge is 0.317 e. The first-order chi connectivity index (χ1) is 13.6. The van der Waals surface area contributed by atoms with Crippen LogP contribution in [-0.4, -0.2) is 79.0 Å². The number of nitrogens with one attached hydrogen (secondary N) is 1. The molecule has 1 unspecified atom stereocenters. The predicted octanol–water partition coefficient (Wildman–Crippen LogP) is 2.76. The average Bonchev–Trinajstić information content (AvgIpc) is 2.74. The molecule has 2 heterocycles. The van der Waals surface area contributed by atoms with Crippen LogP contribution >= 0.6 is 0 Å². The second-order valence-corrected chi connectivity index (χ2v) is 7.88. The van der Waals surface area contributed by atoms with Crippen LogP contribution in [0.15, 0.2) is 24.3 Å². The third-order valence-corrected chi connectivity index (χ3v) is 5.84. The molecule has 1 aromatic carbocycles. The van der Waals surface area contributed by atoms with Gasteiger partial charge in [-0.05, 0) is 50.4 Å². The Bertz CT molecular complexity index is 670. The number of carbonyl (C=O) groups is 2. The Morgan fingerprint density at radius 1 is 1.07 bits per heavy atom. The molecule has 6 nitrogen and oxygen atoms in total. The summed E-state index contributed by atoms with van der Waals surface area (Å²) in [5.41, 5.74) is 1.95. The van der Waals surface area contributed by atoms with Crippen LogP contribution in [-0.2, 0) is 0 Å². The normalized spacial score (nSPS) is 20.9. The summed E-state index contributed by atoms with van der Waals surface area (Å²) in [5.74, 6) is 0.430. The number of hydrogen-bond acceptors (Lipinski definition) is 3. The van der Waals surface area contributed by atoms with E-state index in [9.17, 15) is 9.59 Å². The monoisotopic (exact) mass is 386 g/mol. The molecule has 0 aromatic heterocycles. The van der Waals surface area contributed by atoms with Crippen LogP contribution < -0.4 is 5.32 Å². The van der Waals surface area contributed by atoms with Crippen LogP contribution in [0.1, 0.15) is 54.9 Å². The Hall–Kier alpha value is -2.08. The van der Waals surface area contributed by atoms with Gasteiger partial charge in [0.25, 0.3) is 5.91 Å². The summed E-state index contributed by atoms with van der Waals surface area (Å²) < 4.78 is 0. The number of likely N-dealkylation sites (tertiary alicyclic amines) is 1. The molecule has 154 valence electrons. The van der Waals surface area contributed by atoms with Gasteiger partial charge in [-0.15, -0.1) is 0 Å². The number of piperidine rings is 1. The highest BCUT2D eigenvalue weighted by Gasteiger charge is 2.26. The molecule has 2 aliphatic heterocycles. The molecule has 0 bridgehead atoms. The van der Waals surface area contributed by atoms with E-state index in [-0.39, 0.29) is 11.9 Å². The molecule has 3 amide bonds. The van der Waals surface area contributed by atoms with Gasteiger partial charge in [-0.3, -0.25) is 9.69 Å². The first kappa shape index (κ1) is 20.6. The van der Waals surface area contributed by atoms with Crippen molar-refractivity contribution in [3.05, 3.63) is 35.4 Å². The topological polar surface area (TPSA) is 55.9 Å². The van der Waals surface area contributed by atoms with Crippen molar-refractivity contribution < 1.29 is 9.59 Å². The third-order valence-electron chi connectivity index (χ3n) is 5.84. The Morgan fingerprint density at radius 3 is 2.57 bits per heavy atom. The van der Waals surface area contributed by atoms with Crippen molar-refractivity contribution in [3.63, 3.8) is 0 Å². The molecule has 1 atom stereocenters. The molecule has 0 spiro atoms. The summed E-state index contributed by atoms with van der Waals surface area (Å²) in [6, 6.07) is 8.08. The zero-order chi connectivity index (χ0) is 19.9. The van der Waals surface area contributed by atoms with Gasteiger partial charge in [0.2, 0.25) is 0 Å². The zero-order valence-electron chi connectivity index (χ0n) is 17.3. The van der Waals surface area contributed by atoms with Gasteiger partial charge < -0.3 is 15.1 Å². The van der Waals surface area contributed by atoms with Crippen LogP contribution in [0.2, 0.25) is 0 Å². The maximum atomic E-state index is 13.0. The third kappa shape index (κ3) is 5.04. The van der Waals surface area contributed by atoms with E-state index in [1.807, 2.05) is 34.9 Å². The molecule has 0 aliphatic carbocycles. The molecule has 28 heavy (non-hydrogen) atoms. The Kier molecular flexibility index (Phi) is 7.31. The van der Waals surface area contributed by atoms with Crippen LogP contribution in [0.25, 0.3) is 0 Å². The highest BCUT2D eigenvalue weighted by atomic mass is 16.2. The molecular weight excluding hydrogens is 352 g/mol. The number of hydrogen-bond donors (Lipinski definition) is 1. The van der Waals surface area contributed by atoms with E-state index in [2.05, 4.69) is 23.2 Å². The van der Waals surface area contributed by atoms with Gasteiger partial charge in [-0.25, -0.2) is 4.79 Å². The maximum Gasteiger partial charge on any atom is 0.317 e. The predicted molar refractivity (Wildman–Crippen MR) is 112 cm³/mol. The van der Waals surface area contributed by atoms with Crippen LogP contribution in [0.5, 0.6) is 0 Å². The van der Waals surface area contributed by atoms with Gasteiger partial charge in [0, 0.05) is 57.3 Å². The molecule has 6 heteroatoms. The lowest BCUT2D eigenvalue weighted by Crippen LogP contribution is -2.48. The fourth-order valence-electron chi connectivity index (χ4n) is 4.30. The highest BCUT2D eigenvalue weighted by molar-refractivity contribution is 5.94. The molecule has 0 saturated carbocycles. The molecule has 1 aromatic rings. The summed E-state index contributed by atoms with van der Waals surface area (Å²) >= 11 is 0. The maximum absolute atomic E-state index is 13.0. The van der Waals surface area contributed by atoms with Gasteiger partial charge in [-0.1, -0.05) is 19.1 Å². The van der Waals surface area contributed by atoms with Gasteiger partial charge in [0.15, 0.2) is 0 Å². The largest absolute Gasteiger partial charge is 0.338 e. The number of nitrogens with zero attached hydrogens (tertiary/aromatic N) is 3. The summed E-state index contributed by atoms with van der Waals surface area (Å²) in [5, 5.41) is 2.89. The summed E-state index contributed by atoms with van der Waals surface area (Å²) in [6.07, 6.45) is 3.22. The fraction of sp³-hybridized carbons (Fsp3) is 0.636. The second-order valence-electron chi connectivity index (χ2n) is 7.88. The minimum Gasteiger partial charge on any atom is -0.338 e. The van der Waals surface area contributed by atoms with E-state index in [1.54, 1.807) is 0 Å². The molecule has 2 saturated heterocycles. The Labute approximate surface area is 168 Å². The van der Waals surface area contributed by atoms with Gasteiger partial charge in [0.05, 0.1) is 0 Å². The SMILES string of the molecule is CCCN1CCN(C(=O)c2cccc(C3CCCN(C(=O)NCC)C3)c2)CC1. The van der Waals surface area contributed by atoms with E-state index in [0.717, 1.165) is 70.6 Å². The Balaban J connectivity index is 1.63. The number of benzene rings is 1. The van der Waals surface area contributed by atoms with Gasteiger partial charge in [-0.2, -0.15) is 0 Å². The second kappa shape index (κ2) is 9.92. The molecule has 1 N–H and O–H groups in total. The highest BCUT2D eigenvalue weighted by Crippen LogP contribution is 2.28. The first-order valence-electron chi connectivity index (χ1n) is 10.8. The molecule has 3 rings (SSSR count). The molecule has 2 aliphatic rings. The van der Waals surface area contributed by atoms with E-state index in [1.165, 1.54) is 5.56 Å². The fourth-order valence-corrected chi connectivity index (χ4v) is 4.30. The number of rotatable bonds is 5. The van der Waals surface area contributed by atoms with Crippen LogP contribution in [0.4, 0.5) is 4.79 Å². The van der Waals surface area contributed by atoms with Crippen molar-refractivity contribution in [2.75, 3.05) is 52.4 Å². The van der Waals surface area contributed by atoms with E-state index in [0.29, 0.717) is 12.5 Å². The van der Waals surface area contributed by atoms with Crippen molar-refractivity contribution in [2.24, 2.45) is 0 Å². The summed E-state index contributed by atoms with van der Waals surface area (Å²) in [7, 11) is 0. The first-order valence-corrected chi connectivity index (χ1v) is 10.8. The molecule has 0 radical (unpaired) electrons. The van der Waals surface area contributed by atoms with Crippen molar-refractivity contribution in [2.45, 2.75) is 39.0 Å².